The molecule has 2 heteroatoms. The lowest BCUT2D eigenvalue weighted by Crippen LogP contribution is -1.99. The molecule has 2 aliphatic carbocycles. The quantitative estimate of drug-likeness (QED) is 0.356. The average Bonchev–Trinajstić information content (AvgIpc) is 3.29. The molecule has 2 aliphatic rings. The molecule has 0 bridgehead atoms. The molecule has 4 aromatic rings. The van der Waals surface area contributed by atoms with Crippen molar-refractivity contribution < 1.29 is 5.11 Å². The van der Waals surface area contributed by atoms with Gasteiger partial charge in [0.1, 0.15) is 5.75 Å². The first-order chi connectivity index (χ1) is 13.8. The molecule has 4 aromatic carbocycles. The maximum atomic E-state index is 10.7. The number of fused-ring (bicyclic) bond motifs is 6. The molecule has 0 atom stereocenters. The average molecular weight is 361 g/mol. The van der Waals surface area contributed by atoms with E-state index in [1.165, 1.54) is 44.5 Å². The first-order valence-electron chi connectivity index (χ1n) is 9.70. The van der Waals surface area contributed by atoms with E-state index >= 15 is 0 Å². The van der Waals surface area contributed by atoms with Gasteiger partial charge in [0.05, 0.1) is 5.69 Å². The smallest absolute Gasteiger partial charge is 0.139 e. The Kier molecular flexibility index (Phi) is 3.18. The topological polar surface area (TPSA) is 32.3 Å². The fourth-order valence-corrected chi connectivity index (χ4v) is 4.75. The van der Waals surface area contributed by atoms with Crippen LogP contribution >= 0.6 is 0 Å². The van der Waals surface area contributed by atoms with Crippen LogP contribution in [0.2, 0.25) is 0 Å². The van der Waals surface area contributed by atoms with Gasteiger partial charge in [-0.3, -0.25) is 0 Å². The van der Waals surface area contributed by atoms with Crippen LogP contribution in [-0.4, -0.2) is 5.11 Å². The summed E-state index contributed by atoms with van der Waals surface area (Å²) in [6.45, 7) is 0. The monoisotopic (exact) mass is 361 g/mol. The number of nitrogens with one attached hydrogen (secondary N) is 1. The highest BCUT2D eigenvalue weighted by atomic mass is 16.3. The number of anilines is 2. The molecule has 0 radical (unpaired) electrons. The van der Waals surface area contributed by atoms with Gasteiger partial charge in [-0.1, -0.05) is 66.7 Å². The molecule has 0 saturated carbocycles. The first-order valence-corrected chi connectivity index (χ1v) is 9.70. The molecule has 0 aromatic heterocycles. The summed E-state index contributed by atoms with van der Waals surface area (Å²) in [6, 6.07) is 27.3. The summed E-state index contributed by atoms with van der Waals surface area (Å²) in [4.78, 5) is 0. The van der Waals surface area contributed by atoms with Crippen molar-refractivity contribution in [2.24, 2.45) is 0 Å². The predicted molar refractivity (Wildman–Crippen MR) is 114 cm³/mol. The summed E-state index contributed by atoms with van der Waals surface area (Å²) >= 11 is 0. The summed E-state index contributed by atoms with van der Waals surface area (Å²) < 4.78 is 0. The lowest BCUT2D eigenvalue weighted by molar-refractivity contribution is 0.477. The second-order valence-electron chi connectivity index (χ2n) is 7.61. The normalized spacial score (nSPS) is 12.9. The molecule has 28 heavy (non-hydrogen) atoms. The molecular weight excluding hydrogens is 342 g/mol. The van der Waals surface area contributed by atoms with Crippen LogP contribution in [0.25, 0.3) is 22.3 Å². The molecular formula is C26H19NO. The van der Waals surface area contributed by atoms with Crippen LogP contribution in [0.4, 0.5) is 11.4 Å². The number of phenols is 1. The van der Waals surface area contributed by atoms with Crippen molar-refractivity contribution in [3.8, 4) is 28.0 Å². The fraction of sp³-hybridized carbons (Fsp3) is 0.0769. The van der Waals surface area contributed by atoms with E-state index in [1.54, 1.807) is 6.07 Å². The fourth-order valence-electron chi connectivity index (χ4n) is 4.75. The van der Waals surface area contributed by atoms with Crippen molar-refractivity contribution in [2.45, 2.75) is 12.8 Å². The molecule has 6 rings (SSSR count). The minimum Gasteiger partial charge on any atom is -0.506 e. The van der Waals surface area contributed by atoms with Crippen LogP contribution in [-0.2, 0) is 12.8 Å². The summed E-state index contributed by atoms with van der Waals surface area (Å²) in [5, 5.41) is 14.3. The zero-order valence-corrected chi connectivity index (χ0v) is 15.4. The molecule has 2 nitrogen and oxygen atoms in total. The summed E-state index contributed by atoms with van der Waals surface area (Å²) in [5.41, 5.74) is 12.2. The second kappa shape index (κ2) is 5.74. The van der Waals surface area contributed by atoms with E-state index in [4.69, 9.17) is 0 Å². The largest absolute Gasteiger partial charge is 0.506 e. The second-order valence-corrected chi connectivity index (χ2v) is 7.61. The van der Waals surface area contributed by atoms with E-state index in [0.717, 1.165) is 24.2 Å². The van der Waals surface area contributed by atoms with E-state index in [9.17, 15) is 5.11 Å². The molecule has 2 N–H and O–H groups in total. The van der Waals surface area contributed by atoms with Crippen LogP contribution in [0.15, 0.2) is 78.9 Å². The summed E-state index contributed by atoms with van der Waals surface area (Å²) in [7, 11) is 0. The number of rotatable bonds is 2. The van der Waals surface area contributed by atoms with Crippen LogP contribution in [0, 0.1) is 0 Å². The van der Waals surface area contributed by atoms with Gasteiger partial charge in [0, 0.05) is 18.5 Å². The Hall–Kier alpha value is -3.52. The van der Waals surface area contributed by atoms with Gasteiger partial charge in [0.15, 0.2) is 0 Å². The van der Waals surface area contributed by atoms with Crippen molar-refractivity contribution in [2.75, 3.05) is 5.32 Å². The third-order valence-corrected chi connectivity index (χ3v) is 6.08. The lowest BCUT2D eigenvalue weighted by Gasteiger charge is -2.16. The van der Waals surface area contributed by atoms with Crippen LogP contribution in [0.5, 0.6) is 5.75 Å². The van der Waals surface area contributed by atoms with Gasteiger partial charge >= 0.3 is 0 Å². The molecule has 0 heterocycles. The Labute approximate surface area is 164 Å². The third-order valence-electron chi connectivity index (χ3n) is 6.08. The van der Waals surface area contributed by atoms with Gasteiger partial charge in [-0.15, -0.1) is 0 Å². The van der Waals surface area contributed by atoms with Gasteiger partial charge < -0.3 is 10.4 Å². The number of phenolic OH excluding ortho intramolecular Hbond substituents is 1. The minimum atomic E-state index is 0.305. The Morgan fingerprint density at radius 1 is 0.571 bits per heavy atom. The van der Waals surface area contributed by atoms with Crippen LogP contribution in [0.3, 0.4) is 0 Å². The number of hydrogen-bond acceptors (Lipinski definition) is 2. The van der Waals surface area contributed by atoms with E-state index in [2.05, 4.69) is 72.0 Å². The maximum Gasteiger partial charge on any atom is 0.139 e. The van der Waals surface area contributed by atoms with Crippen LogP contribution < -0.4 is 5.32 Å². The maximum absolute atomic E-state index is 10.7. The molecule has 0 spiro atoms. The van der Waals surface area contributed by atoms with Crippen LogP contribution in [0.1, 0.15) is 22.3 Å². The van der Waals surface area contributed by atoms with Crippen molar-refractivity contribution in [3.63, 3.8) is 0 Å². The van der Waals surface area contributed by atoms with E-state index in [0.29, 0.717) is 5.75 Å². The van der Waals surface area contributed by atoms with E-state index < -0.39 is 0 Å². The van der Waals surface area contributed by atoms with Crippen molar-refractivity contribution >= 4 is 11.4 Å². The summed E-state index contributed by atoms with van der Waals surface area (Å²) in [5.74, 6) is 0.305. The predicted octanol–water partition coefficient (Wildman–Crippen LogP) is 6.28. The molecule has 0 amide bonds. The van der Waals surface area contributed by atoms with E-state index in [-0.39, 0.29) is 0 Å². The standard InChI is InChI=1S/C26H19NO/c28-25-13-12-21-19-9-4-2-7-17(19)15-23(21)26(25)27-24-11-5-10-20-18-8-3-1-6-16(18)14-22(20)24/h1-13,27-28H,14-15H2. The zero-order valence-electron chi connectivity index (χ0n) is 15.4. The summed E-state index contributed by atoms with van der Waals surface area (Å²) in [6.07, 6.45) is 1.77. The van der Waals surface area contributed by atoms with E-state index in [1.807, 2.05) is 6.07 Å². The minimum absolute atomic E-state index is 0.305. The Morgan fingerprint density at radius 3 is 1.93 bits per heavy atom. The van der Waals surface area contributed by atoms with Crippen molar-refractivity contribution in [1.29, 1.82) is 0 Å². The van der Waals surface area contributed by atoms with Crippen molar-refractivity contribution in [3.05, 3.63) is 101 Å². The molecule has 0 aliphatic heterocycles. The van der Waals surface area contributed by atoms with Crippen molar-refractivity contribution in [1.82, 2.24) is 0 Å². The van der Waals surface area contributed by atoms with Gasteiger partial charge in [-0.25, -0.2) is 0 Å². The van der Waals surface area contributed by atoms with Gasteiger partial charge in [-0.05, 0) is 56.6 Å². The number of hydrogen-bond donors (Lipinski definition) is 2. The SMILES string of the molecule is Oc1ccc2c(c1Nc1cccc3c1Cc1ccccc1-3)Cc1ccccc1-2. The number of aromatic hydroxyl groups is 1. The first kappa shape index (κ1) is 15.5. The molecule has 0 saturated heterocycles. The Bertz CT molecular complexity index is 1260. The van der Waals surface area contributed by atoms with Gasteiger partial charge in [0.25, 0.3) is 0 Å². The van der Waals surface area contributed by atoms with Gasteiger partial charge in [0.2, 0.25) is 0 Å². The molecule has 0 unspecified atom stereocenters. The third kappa shape index (κ3) is 2.15. The Balaban J connectivity index is 1.46. The van der Waals surface area contributed by atoms with Gasteiger partial charge in [-0.2, -0.15) is 0 Å². The zero-order chi connectivity index (χ0) is 18.7. The highest BCUT2D eigenvalue weighted by Crippen LogP contribution is 2.46. The number of benzene rings is 4. The lowest BCUT2D eigenvalue weighted by atomic mass is 10.0. The molecule has 0 fully saturated rings. The molecule has 134 valence electrons. The highest BCUT2D eigenvalue weighted by Gasteiger charge is 2.25. The Morgan fingerprint density at radius 2 is 1.18 bits per heavy atom. The highest BCUT2D eigenvalue weighted by molar-refractivity contribution is 5.89.